The lowest BCUT2D eigenvalue weighted by Gasteiger charge is -2.28. The van der Waals surface area contributed by atoms with E-state index in [9.17, 15) is 0 Å². The second kappa shape index (κ2) is 3.69. The molecule has 1 aromatic carbocycles. The molecule has 0 radical (unpaired) electrons. The van der Waals surface area contributed by atoms with Crippen LogP contribution in [-0.4, -0.2) is 13.1 Å². The van der Waals surface area contributed by atoms with E-state index in [1.807, 2.05) is 12.1 Å². The first-order valence-electron chi connectivity index (χ1n) is 4.72. The summed E-state index contributed by atoms with van der Waals surface area (Å²) in [6.07, 6.45) is 1.12. The van der Waals surface area contributed by atoms with Crippen molar-refractivity contribution in [3.63, 3.8) is 0 Å². The molecular weight excluding hydrogens is 182 g/mol. The van der Waals surface area contributed by atoms with Gasteiger partial charge in [0.2, 0.25) is 0 Å². The normalized spacial score (nSPS) is 17.1. The number of rotatable bonds is 2. The molecule has 0 unspecified atom stereocenters. The molecular formula is C11H14ClN. The quantitative estimate of drug-likeness (QED) is 0.765. The number of hydrogen-bond acceptors (Lipinski definition) is 1. The maximum Gasteiger partial charge on any atom is 0.0440 e. The molecule has 0 amide bonds. The third-order valence-corrected chi connectivity index (χ3v) is 3.07. The molecule has 0 bridgehead atoms. The van der Waals surface area contributed by atoms with Gasteiger partial charge < -0.3 is 5.32 Å². The highest BCUT2D eigenvalue weighted by Gasteiger charge is 2.18. The molecule has 2 heteroatoms. The monoisotopic (exact) mass is 195 g/mol. The molecule has 1 heterocycles. The smallest absolute Gasteiger partial charge is 0.0440 e. The first-order valence-corrected chi connectivity index (χ1v) is 5.10. The van der Waals surface area contributed by atoms with Crippen molar-refractivity contribution in [1.82, 2.24) is 5.32 Å². The van der Waals surface area contributed by atoms with E-state index in [1.165, 1.54) is 11.1 Å². The van der Waals surface area contributed by atoms with Crippen LogP contribution in [0.3, 0.4) is 0 Å². The van der Waals surface area contributed by atoms with Gasteiger partial charge in [0.1, 0.15) is 0 Å². The van der Waals surface area contributed by atoms with Crippen LogP contribution >= 0.6 is 11.6 Å². The van der Waals surface area contributed by atoms with Crippen molar-refractivity contribution in [3.05, 3.63) is 34.3 Å². The molecule has 0 atom stereocenters. The summed E-state index contributed by atoms with van der Waals surface area (Å²) in [6, 6.07) is 6.13. The van der Waals surface area contributed by atoms with Crippen molar-refractivity contribution in [1.29, 1.82) is 0 Å². The SMILES string of the molecule is Cc1cccc(Cl)c1CC1CNC1. The van der Waals surface area contributed by atoms with E-state index in [4.69, 9.17) is 11.6 Å². The molecule has 0 aromatic heterocycles. The van der Waals surface area contributed by atoms with Crippen molar-refractivity contribution in [3.8, 4) is 0 Å². The second-order valence-electron chi connectivity index (χ2n) is 3.76. The first-order chi connectivity index (χ1) is 6.27. The highest BCUT2D eigenvalue weighted by molar-refractivity contribution is 6.31. The standard InChI is InChI=1S/C11H14ClN/c1-8-3-2-4-11(12)10(8)5-9-6-13-7-9/h2-4,9,13H,5-7H2,1H3. The van der Waals surface area contributed by atoms with Gasteiger partial charge in [-0.3, -0.25) is 0 Å². The number of hydrogen-bond donors (Lipinski definition) is 1. The van der Waals surface area contributed by atoms with E-state index < -0.39 is 0 Å². The minimum absolute atomic E-state index is 0.790. The molecule has 1 saturated heterocycles. The van der Waals surface area contributed by atoms with Crippen LogP contribution in [0.15, 0.2) is 18.2 Å². The van der Waals surface area contributed by atoms with Crippen LogP contribution in [-0.2, 0) is 6.42 Å². The molecule has 1 aliphatic heterocycles. The summed E-state index contributed by atoms with van der Waals surface area (Å²) in [7, 11) is 0. The number of halogens is 1. The predicted molar refractivity (Wildman–Crippen MR) is 56.3 cm³/mol. The minimum Gasteiger partial charge on any atom is -0.316 e. The second-order valence-corrected chi connectivity index (χ2v) is 4.17. The fourth-order valence-electron chi connectivity index (χ4n) is 1.71. The molecule has 0 spiro atoms. The Hall–Kier alpha value is -0.530. The van der Waals surface area contributed by atoms with Crippen LogP contribution in [0.2, 0.25) is 5.02 Å². The molecule has 1 aromatic rings. The van der Waals surface area contributed by atoms with Gasteiger partial charge in [-0.1, -0.05) is 23.7 Å². The summed E-state index contributed by atoms with van der Waals surface area (Å²) in [5.41, 5.74) is 2.65. The van der Waals surface area contributed by atoms with Gasteiger partial charge in [-0.25, -0.2) is 0 Å². The summed E-state index contributed by atoms with van der Waals surface area (Å²) in [5.74, 6) is 0.790. The molecule has 70 valence electrons. The van der Waals surface area contributed by atoms with E-state index >= 15 is 0 Å². The Kier molecular flexibility index (Phi) is 2.56. The number of benzene rings is 1. The van der Waals surface area contributed by atoms with E-state index in [-0.39, 0.29) is 0 Å². The van der Waals surface area contributed by atoms with Crippen LogP contribution in [0.4, 0.5) is 0 Å². The van der Waals surface area contributed by atoms with Gasteiger partial charge >= 0.3 is 0 Å². The molecule has 0 aliphatic carbocycles. The zero-order valence-corrected chi connectivity index (χ0v) is 8.56. The summed E-state index contributed by atoms with van der Waals surface area (Å²) < 4.78 is 0. The lowest BCUT2D eigenvalue weighted by atomic mass is 9.92. The van der Waals surface area contributed by atoms with E-state index in [0.29, 0.717) is 0 Å². The Balaban J connectivity index is 2.17. The number of nitrogens with one attached hydrogen (secondary N) is 1. The van der Waals surface area contributed by atoms with Gasteiger partial charge in [0, 0.05) is 5.02 Å². The molecule has 1 nitrogen and oxygen atoms in total. The van der Waals surface area contributed by atoms with Crippen molar-refractivity contribution >= 4 is 11.6 Å². The van der Waals surface area contributed by atoms with Crippen molar-refractivity contribution in [2.24, 2.45) is 5.92 Å². The Morgan fingerprint density at radius 2 is 2.23 bits per heavy atom. The molecule has 2 rings (SSSR count). The number of aryl methyl sites for hydroxylation is 1. The third-order valence-electron chi connectivity index (χ3n) is 2.71. The van der Waals surface area contributed by atoms with Crippen LogP contribution < -0.4 is 5.32 Å². The highest BCUT2D eigenvalue weighted by atomic mass is 35.5. The average molecular weight is 196 g/mol. The molecule has 1 aliphatic rings. The van der Waals surface area contributed by atoms with Crippen LogP contribution in [0.1, 0.15) is 11.1 Å². The van der Waals surface area contributed by atoms with E-state index in [1.54, 1.807) is 0 Å². The topological polar surface area (TPSA) is 12.0 Å². The lowest BCUT2D eigenvalue weighted by molar-refractivity contribution is 0.346. The van der Waals surface area contributed by atoms with Gasteiger partial charge in [0.15, 0.2) is 0 Å². The van der Waals surface area contributed by atoms with Crippen LogP contribution in [0.5, 0.6) is 0 Å². The maximum atomic E-state index is 6.13. The lowest BCUT2D eigenvalue weighted by Crippen LogP contribution is -2.43. The Bertz CT molecular complexity index is 285. The Morgan fingerprint density at radius 3 is 2.77 bits per heavy atom. The Morgan fingerprint density at radius 1 is 1.46 bits per heavy atom. The van der Waals surface area contributed by atoms with Gasteiger partial charge in [0.25, 0.3) is 0 Å². The van der Waals surface area contributed by atoms with Crippen molar-refractivity contribution < 1.29 is 0 Å². The van der Waals surface area contributed by atoms with Crippen molar-refractivity contribution in [2.45, 2.75) is 13.3 Å². The fourth-order valence-corrected chi connectivity index (χ4v) is 2.01. The van der Waals surface area contributed by atoms with Gasteiger partial charge in [-0.2, -0.15) is 0 Å². The van der Waals surface area contributed by atoms with Gasteiger partial charge in [-0.15, -0.1) is 0 Å². The summed E-state index contributed by atoms with van der Waals surface area (Å²) in [6.45, 7) is 4.42. The zero-order chi connectivity index (χ0) is 9.26. The molecule has 1 fully saturated rings. The molecule has 13 heavy (non-hydrogen) atoms. The predicted octanol–water partition coefficient (Wildman–Crippen LogP) is 2.41. The van der Waals surface area contributed by atoms with Crippen LogP contribution in [0, 0.1) is 12.8 Å². The third kappa shape index (κ3) is 1.87. The highest BCUT2D eigenvalue weighted by Crippen LogP contribution is 2.23. The zero-order valence-electron chi connectivity index (χ0n) is 7.81. The van der Waals surface area contributed by atoms with Crippen LogP contribution in [0.25, 0.3) is 0 Å². The maximum absolute atomic E-state index is 6.13. The largest absolute Gasteiger partial charge is 0.316 e. The Labute approximate surface area is 84.1 Å². The van der Waals surface area contributed by atoms with E-state index in [0.717, 1.165) is 30.5 Å². The minimum atomic E-state index is 0.790. The van der Waals surface area contributed by atoms with Gasteiger partial charge in [-0.05, 0) is 49.5 Å². The molecule has 1 N–H and O–H groups in total. The molecule has 0 saturated carbocycles. The fraction of sp³-hybridized carbons (Fsp3) is 0.455. The van der Waals surface area contributed by atoms with Gasteiger partial charge in [0.05, 0.1) is 0 Å². The summed E-state index contributed by atoms with van der Waals surface area (Å²) in [5, 5.41) is 4.20. The van der Waals surface area contributed by atoms with Crippen molar-refractivity contribution in [2.75, 3.05) is 13.1 Å². The summed E-state index contributed by atoms with van der Waals surface area (Å²) >= 11 is 6.13. The van der Waals surface area contributed by atoms with E-state index in [2.05, 4.69) is 18.3 Å². The average Bonchev–Trinajstić information content (AvgIpc) is 2.00. The first kappa shape index (κ1) is 9.04. The summed E-state index contributed by atoms with van der Waals surface area (Å²) in [4.78, 5) is 0.